The second kappa shape index (κ2) is 37.8. The van der Waals surface area contributed by atoms with Crippen molar-refractivity contribution in [1.29, 1.82) is 0 Å². The Hall–Kier alpha value is -13.5. The van der Waals surface area contributed by atoms with Crippen molar-refractivity contribution in [2.24, 2.45) is 0 Å². The van der Waals surface area contributed by atoms with E-state index in [1.807, 2.05) is 222 Å². The Morgan fingerprint density at radius 3 is 0.577 bits per heavy atom. The Labute approximate surface area is 651 Å². The highest BCUT2D eigenvalue weighted by Crippen LogP contribution is 2.33. The summed E-state index contributed by atoms with van der Waals surface area (Å²) in [4.78, 5) is 78.4. The minimum absolute atomic E-state index is 0.00675. The first kappa shape index (κ1) is 78.5. The van der Waals surface area contributed by atoms with Crippen molar-refractivity contribution in [2.45, 2.75) is 33.0 Å². The zero-order valence-corrected chi connectivity index (χ0v) is 64.3. The molecule has 0 amide bonds. The summed E-state index contributed by atoms with van der Waals surface area (Å²) < 4.78 is 33.8. The van der Waals surface area contributed by atoms with Crippen LogP contribution in [0.5, 0.6) is 28.7 Å². The lowest BCUT2D eigenvalue weighted by Gasteiger charge is -2.24. The molecular formula is C96H91N5O10. The third kappa shape index (κ3) is 22.3. The fraction of sp³-hybridized carbons (Fsp3) is 0.156. The molecule has 0 aromatic heterocycles. The lowest BCUT2D eigenvalue weighted by molar-refractivity contribution is 0.103. The minimum Gasteiger partial charge on any atom is -0.489 e. The fourth-order valence-corrected chi connectivity index (χ4v) is 11.9. The molecule has 15 heteroatoms. The van der Waals surface area contributed by atoms with E-state index in [1.165, 1.54) is 0 Å². The van der Waals surface area contributed by atoms with Gasteiger partial charge in [0.15, 0.2) is 28.9 Å². The molecule has 0 atom stereocenters. The van der Waals surface area contributed by atoms with Gasteiger partial charge in [0.25, 0.3) is 0 Å². The van der Waals surface area contributed by atoms with Gasteiger partial charge in [0.2, 0.25) is 0 Å². The third-order valence-electron chi connectivity index (χ3n) is 18.7. The second-order valence-electron chi connectivity index (χ2n) is 27.6. The van der Waals surface area contributed by atoms with Crippen LogP contribution in [0, 0.1) is 0 Å². The number of anilines is 5. The smallest absolute Gasteiger partial charge is 0.185 e. The number of hydrogen-bond donors (Lipinski definition) is 0. The van der Waals surface area contributed by atoms with Crippen LogP contribution in [0.3, 0.4) is 0 Å². The molecule has 111 heavy (non-hydrogen) atoms. The van der Waals surface area contributed by atoms with Crippen LogP contribution in [0.2, 0.25) is 0 Å². The Balaban J connectivity index is 0.951. The molecule has 15 nitrogen and oxygen atoms in total. The van der Waals surface area contributed by atoms with Crippen molar-refractivity contribution in [1.82, 2.24) is 0 Å². The number of ketones is 5. The monoisotopic (exact) mass is 1470 g/mol. The number of carbonyl (C=O) groups excluding carboxylic acids is 5. The number of ether oxygens (including phenoxy) is 5. The maximum Gasteiger partial charge on any atom is 0.185 e. The van der Waals surface area contributed by atoms with Crippen LogP contribution < -0.4 is 48.2 Å². The second-order valence-corrected chi connectivity index (χ2v) is 27.6. The summed E-state index contributed by atoms with van der Waals surface area (Å²) in [5.74, 6) is 1.48. The standard InChI is InChI=1S/C96H91N5O10/c1-97(2)79-36-11-67(12-37-79)21-56-92(102)72-26-46-84(47-27-72)107-62-77-61-78(63-108-85-48-28-73(29-49-85)93(103)57-22-68-13-38-80(39-14-68)98(3)4)90(65-110-87-52-32-75(33-53-87)95(105)59-24-70-17-42-82(43-18-70)100(7)8)91(66-111-88-54-34-76(35-55-88)96(106)60-25-71-19-44-83(45-20-71)101(9)10)89(77)64-109-86-50-30-74(31-51-86)94(104)58-23-69-15-40-81(41-16-69)99(5)6/h11-61H,62-66H2,1-10H3/b56-21+,57-22+,58-23+,59-24+,60-25+. The van der Waals surface area contributed by atoms with E-state index < -0.39 is 0 Å². The Bertz CT molecular complexity index is 4900. The molecule has 11 aromatic rings. The van der Waals surface area contributed by atoms with Crippen LogP contribution in [0.25, 0.3) is 30.4 Å². The molecule has 0 saturated carbocycles. The van der Waals surface area contributed by atoms with Gasteiger partial charge in [-0.2, -0.15) is 0 Å². The summed E-state index contributed by atoms with van der Waals surface area (Å²) in [5.41, 5.74) is 15.4. The lowest BCUT2D eigenvalue weighted by atomic mass is 9.92. The first-order valence-corrected chi connectivity index (χ1v) is 36.4. The average molecular weight is 1470 g/mol. The van der Waals surface area contributed by atoms with E-state index in [9.17, 15) is 24.0 Å². The number of benzene rings is 11. The van der Waals surface area contributed by atoms with Crippen molar-refractivity contribution in [3.63, 3.8) is 0 Å². The normalized spacial score (nSPS) is 11.3. The minimum atomic E-state index is -0.186. The molecule has 0 spiro atoms. The Morgan fingerprint density at radius 1 is 0.225 bits per heavy atom. The number of hydrogen-bond acceptors (Lipinski definition) is 15. The van der Waals surface area contributed by atoms with Gasteiger partial charge in [-0.3, -0.25) is 24.0 Å². The van der Waals surface area contributed by atoms with E-state index in [0.29, 0.717) is 84.4 Å². The van der Waals surface area contributed by atoms with Gasteiger partial charge in [0, 0.05) is 143 Å². The van der Waals surface area contributed by atoms with E-state index in [-0.39, 0.29) is 62.0 Å². The zero-order valence-electron chi connectivity index (χ0n) is 64.3. The molecule has 0 aliphatic heterocycles. The zero-order chi connectivity index (χ0) is 78.3. The van der Waals surface area contributed by atoms with Crippen LogP contribution >= 0.6 is 0 Å². The fourth-order valence-electron chi connectivity index (χ4n) is 11.9. The number of rotatable bonds is 35. The Morgan fingerprint density at radius 2 is 0.396 bits per heavy atom. The van der Waals surface area contributed by atoms with Crippen molar-refractivity contribution in [3.8, 4) is 28.7 Å². The SMILES string of the molecule is CN(C)c1ccc(/C=C/C(=O)c2ccc(OCc3cc(COc4ccc(C(=O)/C=C/c5ccc(N(C)C)cc5)cc4)c(COc4ccc(C(=O)/C=C/c5ccc(N(C)C)cc5)cc4)c(COc4ccc(C(=O)/C=C/c5ccc(N(C)C)cc5)cc4)c3COc3ccc(C(=O)/C=C/c4ccc(N(C)C)cc4)cc3)cc2)cc1. The largest absolute Gasteiger partial charge is 0.489 e. The summed E-state index contributed by atoms with van der Waals surface area (Å²) in [5, 5.41) is 0. The van der Waals surface area contributed by atoms with Gasteiger partial charge in [0.1, 0.15) is 61.8 Å². The van der Waals surface area contributed by atoms with Gasteiger partial charge in [-0.1, -0.05) is 91.0 Å². The van der Waals surface area contributed by atoms with Crippen LogP contribution in [0.4, 0.5) is 28.4 Å². The van der Waals surface area contributed by atoms with Gasteiger partial charge < -0.3 is 48.2 Å². The molecule has 0 aliphatic rings. The number of nitrogens with zero attached hydrogens (tertiary/aromatic N) is 5. The molecule has 0 heterocycles. The first-order valence-electron chi connectivity index (χ1n) is 36.4. The summed E-state index contributed by atoms with van der Waals surface area (Å²) in [6.07, 6.45) is 16.7. The van der Waals surface area contributed by atoms with E-state index in [1.54, 1.807) is 182 Å². The van der Waals surface area contributed by atoms with Crippen LogP contribution in [-0.4, -0.2) is 99.4 Å². The summed E-state index contributed by atoms with van der Waals surface area (Å²) >= 11 is 0. The van der Waals surface area contributed by atoms with Gasteiger partial charge in [-0.15, -0.1) is 0 Å². The third-order valence-corrected chi connectivity index (χ3v) is 18.7. The lowest BCUT2D eigenvalue weighted by Crippen LogP contribution is -2.17. The average Bonchev–Trinajstić information content (AvgIpc) is 0.782. The highest BCUT2D eigenvalue weighted by molar-refractivity contribution is 6.09. The van der Waals surface area contributed by atoms with E-state index in [0.717, 1.165) is 56.3 Å². The predicted octanol–water partition coefficient (Wildman–Crippen LogP) is 19.4. The van der Waals surface area contributed by atoms with E-state index >= 15 is 0 Å². The van der Waals surface area contributed by atoms with Crippen molar-refractivity contribution in [3.05, 3.63) is 363 Å². The van der Waals surface area contributed by atoms with Gasteiger partial charge >= 0.3 is 0 Å². The molecule has 560 valence electrons. The first-order chi connectivity index (χ1) is 53.6. The molecule has 0 radical (unpaired) electrons. The van der Waals surface area contributed by atoms with Crippen LogP contribution in [0.1, 0.15) is 107 Å². The summed E-state index contributed by atoms with van der Waals surface area (Å²) in [7, 11) is 19.8. The molecule has 11 aromatic carbocycles. The quantitative estimate of drug-likeness (QED) is 0.0274. The van der Waals surface area contributed by atoms with Gasteiger partial charge in [-0.25, -0.2) is 0 Å². The molecule has 0 fully saturated rings. The molecule has 0 unspecified atom stereocenters. The Kier molecular flexibility index (Phi) is 26.8. The summed E-state index contributed by atoms with van der Waals surface area (Å²) in [6, 6.07) is 76.5. The summed E-state index contributed by atoms with van der Waals surface area (Å²) in [6.45, 7) is -0.142. The predicted molar refractivity (Wildman–Crippen MR) is 451 cm³/mol. The van der Waals surface area contributed by atoms with E-state index in [2.05, 4.69) is 0 Å². The van der Waals surface area contributed by atoms with Gasteiger partial charge in [0.05, 0.1) is 0 Å². The molecule has 0 aliphatic carbocycles. The maximum absolute atomic E-state index is 13.7. The van der Waals surface area contributed by atoms with Crippen molar-refractivity contribution in [2.75, 3.05) is 95.0 Å². The van der Waals surface area contributed by atoms with Crippen molar-refractivity contribution < 1.29 is 47.7 Å². The molecule has 0 N–H and O–H groups in total. The molecular weight excluding hydrogens is 1380 g/mol. The highest BCUT2D eigenvalue weighted by atomic mass is 16.5. The van der Waals surface area contributed by atoms with Crippen molar-refractivity contribution >= 4 is 87.7 Å². The van der Waals surface area contributed by atoms with E-state index in [4.69, 9.17) is 23.7 Å². The van der Waals surface area contributed by atoms with Gasteiger partial charge in [-0.05, 0) is 257 Å². The number of allylic oxidation sites excluding steroid dienone is 5. The number of carbonyl (C=O) groups is 5. The van der Waals surface area contributed by atoms with Crippen LogP contribution in [-0.2, 0) is 33.0 Å². The topological polar surface area (TPSA) is 148 Å². The maximum atomic E-state index is 13.7. The molecule has 0 saturated heterocycles. The highest BCUT2D eigenvalue weighted by Gasteiger charge is 2.23. The molecule has 11 rings (SSSR count). The molecule has 0 bridgehead atoms. The van der Waals surface area contributed by atoms with Crippen LogP contribution in [0.15, 0.2) is 279 Å².